The minimum absolute atomic E-state index is 0.214. The SMILES string of the molecule is CC(C)(C(=O)N1CC(N2CCN(C3CC3)CC2)C1)c1cccc(N)c1. The lowest BCUT2D eigenvalue weighted by atomic mass is 9.82. The molecule has 3 aliphatic rings. The Morgan fingerprint density at radius 2 is 1.64 bits per heavy atom. The van der Waals surface area contributed by atoms with Crippen molar-refractivity contribution in [3.05, 3.63) is 29.8 Å². The first-order valence-electron chi connectivity index (χ1n) is 9.58. The highest BCUT2D eigenvalue weighted by Gasteiger charge is 2.42. The minimum Gasteiger partial charge on any atom is -0.399 e. The van der Waals surface area contributed by atoms with Crippen molar-refractivity contribution >= 4 is 11.6 Å². The first-order chi connectivity index (χ1) is 11.9. The topological polar surface area (TPSA) is 52.8 Å². The molecule has 1 aromatic rings. The zero-order chi connectivity index (χ0) is 17.6. The number of nitrogens with zero attached hydrogens (tertiary/aromatic N) is 3. The minimum atomic E-state index is -0.523. The molecule has 1 amide bonds. The Morgan fingerprint density at radius 3 is 2.20 bits per heavy atom. The molecular weight excluding hydrogens is 312 g/mol. The van der Waals surface area contributed by atoms with Crippen LogP contribution in [0, 0.1) is 0 Å². The van der Waals surface area contributed by atoms with Gasteiger partial charge < -0.3 is 10.6 Å². The average Bonchev–Trinajstić information content (AvgIpc) is 3.39. The number of carbonyl (C=O) groups excluding carboxylic acids is 1. The summed E-state index contributed by atoms with van der Waals surface area (Å²) in [5.74, 6) is 0.214. The first kappa shape index (κ1) is 16.9. The van der Waals surface area contributed by atoms with Gasteiger partial charge in [-0.2, -0.15) is 0 Å². The fourth-order valence-corrected chi connectivity index (χ4v) is 4.21. The Morgan fingerprint density at radius 1 is 1.04 bits per heavy atom. The van der Waals surface area contributed by atoms with Crippen molar-refractivity contribution in [1.29, 1.82) is 0 Å². The van der Waals surface area contributed by atoms with Crippen LogP contribution < -0.4 is 5.73 Å². The van der Waals surface area contributed by atoms with Gasteiger partial charge in [-0.3, -0.25) is 14.6 Å². The molecule has 5 heteroatoms. The van der Waals surface area contributed by atoms with E-state index >= 15 is 0 Å². The van der Waals surface area contributed by atoms with E-state index in [1.54, 1.807) is 0 Å². The number of benzene rings is 1. The molecule has 0 bridgehead atoms. The number of rotatable bonds is 4. The molecule has 2 N–H and O–H groups in total. The van der Waals surface area contributed by atoms with Crippen molar-refractivity contribution < 1.29 is 4.79 Å². The number of nitrogens with two attached hydrogens (primary N) is 1. The summed E-state index contributed by atoms with van der Waals surface area (Å²) in [7, 11) is 0. The van der Waals surface area contributed by atoms with Crippen molar-refractivity contribution in [2.45, 2.75) is 44.2 Å². The fraction of sp³-hybridized carbons (Fsp3) is 0.650. The molecule has 4 rings (SSSR count). The molecule has 25 heavy (non-hydrogen) atoms. The zero-order valence-corrected chi connectivity index (χ0v) is 15.4. The van der Waals surface area contributed by atoms with Crippen molar-refractivity contribution in [2.75, 3.05) is 45.0 Å². The van der Waals surface area contributed by atoms with E-state index in [1.165, 1.54) is 25.9 Å². The van der Waals surface area contributed by atoms with Gasteiger partial charge in [-0.15, -0.1) is 0 Å². The molecule has 2 aliphatic heterocycles. The number of amides is 1. The smallest absolute Gasteiger partial charge is 0.232 e. The second-order valence-corrected chi connectivity index (χ2v) is 8.42. The lowest BCUT2D eigenvalue weighted by molar-refractivity contribution is -0.144. The highest BCUT2D eigenvalue weighted by Crippen LogP contribution is 2.31. The maximum absolute atomic E-state index is 13.0. The van der Waals surface area contributed by atoms with E-state index in [2.05, 4.69) is 9.80 Å². The number of nitrogen functional groups attached to an aromatic ring is 1. The molecule has 2 heterocycles. The van der Waals surface area contributed by atoms with Gasteiger partial charge >= 0.3 is 0 Å². The van der Waals surface area contributed by atoms with Gasteiger partial charge in [0.25, 0.3) is 0 Å². The van der Waals surface area contributed by atoms with Crippen LogP contribution in [0.3, 0.4) is 0 Å². The first-order valence-corrected chi connectivity index (χ1v) is 9.58. The largest absolute Gasteiger partial charge is 0.399 e. The van der Waals surface area contributed by atoms with E-state index < -0.39 is 5.41 Å². The van der Waals surface area contributed by atoms with Gasteiger partial charge in [0.1, 0.15) is 0 Å². The van der Waals surface area contributed by atoms with Gasteiger partial charge in [0, 0.05) is 57.0 Å². The standard InChI is InChI=1S/C20H30N4O/c1-20(2,15-4-3-5-16(21)12-15)19(25)24-13-18(14-24)23-10-8-22(9-11-23)17-6-7-17/h3-5,12,17-18H,6-11,13-14,21H2,1-2H3. The van der Waals surface area contributed by atoms with Crippen LogP contribution in [-0.4, -0.2) is 72.0 Å². The Hall–Kier alpha value is -1.59. The Balaban J connectivity index is 1.31. The third kappa shape index (κ3) is 3.27. The number of anilines is 1. The molecule has 1 aromatic carbocycles. The molecule has 3 fully saturated rings. The predicted molar refractivity (Wildman–Crippen MR) is 100 cm³/mol. The van der Waals surface area contributed by atoms with Crippen LogP contribution in [0.4, 0.5) is 5.69 Å². The van der Waals surface area contributed by atoms with Gasteiger partial charge in [0.15, 0.2) is 0 Å². The van der Waals surface area contributed by atoms with Gasteiger partial charge in [0.2, 0.25) is 5.91 Å². The van der Waals surface area contributed by atoms with Crippen LogP contribution in [0.15, 0.2) is 24.3 Å². The van der Waals surface area contributed by atoms with E-state index in [9.17, 15) is 4.79 Å². The summed E-state index contributed by atoms with van der Waals surface area (Å²) in [6.45, 7) is 10.5. The second kappa shape index (κ2) is 6.29. The van der Waals surface area contributed by atoms with Crippen LogP contribution in [0.2, 0.25) is 0 Å². The zero-order valence-electron chi connectivity index (χ0n) is 15.4. The van der Waals surface area contributed by atoms with E-state index in [-0.39, 0.29) is 5.91 Å². The normalized spacial score (nSPS) is 23.5. The van der Waals surface area contributed by atoms with Crippen molar-refractivity contribution in [2.24, 2.45) is 0 Å². The number of hydrogen-bond donors (Lipinski definition) is 1. The van der Waals surface area contributed by atoms with Crippen LogP contribution in [-0.2, 0) is 10.2 Å². The number of piperazine rings is 1. The molecule has 1 saturated carbocycles. The summed E-state index contributed by atoms with van der Waals surface area (Å²) in [5, 5.41) is 0. The number of carbonyl (C=O) groups is 1. The maximum atomic E-state index is 13.0. The quantitative estimate of drug-likeness (QED) is 0.844. The molecule has 136 valence electrons. The molecular formula is C20H30N4O. The van der Waals surface area contributed by atoms with Crippen LogP contribution in [0.5, 0.6) is 0 Å². The molecule has 0 spiro atoms. The lowest BCUT2D eigenvalue weighted by Gasteiger charge is -2.50. The summed E-state index contributed by atoms with van der Waals surface area (Å²) < 4.78 is 0. The summed E-state index contributed by atoms with van der Waals surface area (Å²) >= 11 is 0. The third-order valence-electron chi connectivity index (χ3n) is 6.22. The van der Waals surface area contributed by atoms with Gasteiger partial charge in [-0.05, 0) is 44.4 Å². The van der Waals surface area contributed by atoms with Crippen molar-refractivity contribution in [3.8, 4) is 0 Å². The highest BCUT2D eigenvalue weighted by molar-refractivity contribution is 5.88. The third-order valence-corrected chi connectivity index (χ3v) is 6.22. The molecule has 0 atom stereocenters. The van der Waals surface area contributed by atoms with Crippen LogP contribution in [0.25, 0.3) is 0 Å². The van der Waals surface area contributed by atoms with E-state index in [4.69, 9.17) is 5.73 Å². The van der Waals surface area contributed by atoms with Crippen molar-refractivity contribution in [3.63, 3.8) is 0 Å². The lowest BCUT2D eigenvalue weighted by Crippen LogP contribution is -2.66. The van der Waals surface area contributed by atoms with Crippen molar-refractivity contribution in [1.82, 2.24) is 14.7 Å². The van der Waals surface area contributed by atoms with Crippen LogP contribution >= 0.6 is 0 Å². The van der Waals surface area contributed by atoms with Crippen LogP contribution in [0.1, 0.15) is 32.3 Å². The summed E-state index contributed by atoms with van der Waals surface area (Å²) in [6, 6.07) is 9.14. The predicted octanol–water partition coefficient (Wildman–Crippen LogP) is 1.54. The van der Waals surface area contributed by atoms with E-state index in [0.29, 0.717) is 11.7 Å². The number of hydrogen-bond acceptors (Lipinski definition) is 4. The van der Waals surface area contributed by atoms with E-state index in [0.717, 1.165) is 37.8 Å². The maximum Gasteiger partial charge on any atom is 0.232 e. The Kier molecular flexibility index (Phi) is 4.24. The molecule has 2 saturated heterocycles. The van der Waals surface area contributed by atoms with Gasteiger partial charge in [-0.25, -0.2) is 0 Å². The summed E-state index contributed by atoms with van der Waals surface area (Å²) in [4.78, 5) is 20.2. The molecule has 0 radical (unpaired) electrons. The fourth-order valence-electron chi connectivity index (χ4n) is 4.21. The number of likely N-dealkylation sites (tertiary alicyclic amines) is 1. The Labute approximate surface area is 150 Å². The monoisotopic (exact) mass is 342 g/mol. The second-order valence-electron chi connectivity index (χ2n) is 8.42. The molecule has 5 nitrogen and oxygen atoms in total. The summed E-state index contributed by atoms with van der Waals surface area (Å²) in [6.07, 6.45) is 2.79. The highest BCUT2D eigenvalue weighted by atomic mass is 16.2. The average molecular weight is 342 g/mol. The summed E-state index contributed by atoms with van der Waals surface area (Å²) in [5.41, 5.74) is 7.09. The van der Waals surface area contributed by atoms with E-state index in [1.807, 2.05) is 43.0 Å². The molecule has 1 aliphatic carbocycles. The Bertz CT molecular complexity index is 641. The van der Waals surface area contributed by atoms with Gasteiger partial charge in [0.05, 0.1) is 5.41 Å². The molecule has 0 aromatic heterocycles. The van der Waals surface area contributed by atoms with Gasteiger partial charge in [-0.1, -0.05) is 12.1 Å². The molecule has 0 unspecified atom stereocenters.